The third-order valence-electron chi connectivity index (χ3n) is 3.22. The van der Waals surface area contributed by atoms with Crippen molar-refractivity contribution in [3.05, 3.63) is 67.4 Å². The fraction of sp³-hybridized carbons (Fsp3) is 0.0588. The highest BCUT2D eigenvalue weighted by molar-refractivity contribution is 9.11. The molecule has 3 aromatic rings. The molecule has 122 valence electrons. The lowest BCUT2D eigenvalue weighted by Gasteiger charge is -2.07. The maximum atomic E-state index is 12.3. The summed E-state index contributed by atoms with van der Waals surface area (Å²) in [6.07, 6.45) is 0. The van der Waals surface area contributed by atoms with E-state index in [0.29, 0.717) is 21.2 Å². The first kappa shape index (κ1) is 16.7. The highest BCUT2D eigenvalue weighted by Gasteiger charge is 2.17. The first-order chi connectivity index (χ1) is 11.5. The van der Waals surface area contributed by atoms with E-state index in [9.17, 15) is 9.59 Å². The van der Waals surface area contributed by atoms with Crippen LogP contribution < -0.4 is 15.1 Å². The maximum absolute atomic E-state index is 12.3. The maximum Gasteiger partial charge on any atom is 0.351 e. The lowest BCUT2D eigenvalue weighted by Crippen LogP contribution is -2.18. The average Bonchev–Trinajstić information content (AvgIpc) is 2.55. The van der Waals surface area contributed by atoms with E-state index in [0.717, 1.165) is 4.47 Å². The largest absolute Gasteiger partial charge is 0.497 e. The first-order valence-corrected chi connectivity index (χ1v) is 8.35. The third-order valence-corrected chi connectivity index (χ3v) is 4.27. The van der Waals surface area contributed by atoms with Gasteiger partial charge < -0.3 is 13.9 Å². The van der Waals surface area contributed by atoms with E-state index in [-0.39, 0.29) is 11.3 Å². The van der Waals surface area contributed by atoms with Gasteiger partial charge in [0.1, 0.15) is 17.1 Å². The minimum absolute atomic E-state index is 0.185. The van der Waals surface area contributed by atoms with Crippen LogP contribution in [0.4, 0.5) is 0 Å². The van der Waals surface area contributed by atoms with E-state index in [2.05, 4.69) is 31.9 Å². The molecule has 0 unspecified atom stereocenters. The molecular weight excluding hydrogens is 444 g/mol. The molecule has 0 saturated heterocycles. The number of esters is 1. The molecule has 1 heterocycles. The fourth-order valence-electron chi connectivity index (χ4n) is 2.13. The Morgan fingerprint density at radius 2 is 1.83 bits per heavy atom. The van der Waals surface area contributed by atoms with Crippen molar-refractivity contribution >= 4 is 48.8 Å². The van der Waals surface area contributed by atoms with Crippen molar-refractivity contribution in [2.24, 2.45) is 0 Å². The van der Waals surface area contributed by atoms with E-state index in [1.807, 2.05) is 0 Å². The molecule has 0 saturated carbocycles. The molecule has 0 aliphatic rings. The van der Waals surface area contributed by atoms with Gasteiger partial charge in [-0.05, 0) is 46.3 Å². The van der Waals surface area contributed by atoms with Gasteiger partial charge in [-0.1, -0.05) is 22.0 Å². The average molecular weight is 454 g/mol. The summed E-state index contributed by atoms with van der Waals surface area (Å²) in [5, 5.41) is 0.591. The smallest absolute Gasteiger partial charge is 0.351 e. The summed E-state index contributed by atoms with van der Waals surface area (Å²) in [4.78, 5) is 24.4. The number of methoxy groups -OCH3 is 1. The van der Waals surface area contributed by atoms with Gasteiger partial charge in [0.25, 0.3) is 0 Å². The molecule has 7 heteroatoms. The van der Waals surface area contributed by atoms with Gasteiger partial charge >= 0.3 is 11.6 Å². The lowest BCUT2D eigenvalue weighted by molar-refractivity contribution is 0.0730. The predicted molar refractivity (Wildman–Crippen MR) is 95.8 cm³/mol. The van der Waals surface area contributed by atoms with E-state index in [4.69, 9.17) is 13.9 Å². The number of hydrogen-bond donors (Lipinski definition) is 0. The summed E-state index contributed by atoms with van der Waals surface area (Å²) in [5.41, 5.74) is -0.588. The SMILES string of the molecule is COc1cccc(OC(=O)c2cc3cc(Br)cc(Br)c3oc2=O)c1. The van der Waals surface area contributed by atoms with Gasteiger partial charge in [0.2, 0.25) is 0 Å². The molecule has 0 fully saturated rings. The fourth-order valence-corrected chi connectivity index (χ4v) is 3.47. The van der Waals surface area contributed by atoms with Crippen LogP contribution in [0.3, 0.4) is 0 Å². The van der Waals surface area contributed by atoms with Crippen molar-refractivity contribution in [1.29, 1.82) is 0 Å². The van der Waals surface area contributed by atoms with Crippen LogP contribution >= 0.6 is 31.9 Å². The van der Waals surface area contributed by atoms with Gasteiger partial charge in [0.05, 0.1) is 11.6 Å². The second-order valence-corrected chi connectivity index (χ2v) is 6.59. The topological polar surface area (TPSA) is 65.7 Å². The summed E-state index contributed by atoms with van der Waals surface area (Å²) in [5.74, 6) is 0.0166. The normalized spacial score (nSPS) is 10.6. The number of benzene rings is 2. The lowest BCUT2D eigenvalue weighted by atomic mass is 10.2. The van der Waals surface area contributed by atoms with E-state index >= 15 is 0 Å². The Morgan fingerprint density at radius 1 is 1.08 bits per heavy atom. The molecule has 0 amide bonds. The molecule has 0 radical (unpaired) electrons. The summed E-state index contributed by atoms with van der Waals surface area (Å²) >= 11 is 6.67. The first-order valence-electron chi connectivity index (χ1n) is 6.77. The number of hydrogen-bond acceptors (Lipinski definition) is 5. The molecule has 2 aromatic carbocycles. The minimum Gasteiger partial charge on any atom is -0.497 e. The Balaban J connectivity index is 2.00. The molecular formula is C17H10Br2O5. The second-order valence-electron chi connectivity index (χ2n) is 4.82. The minimum atomic E-state index is -0.796. The van der Waals surface area contributed by atoms with Crippen LogP contribution in [0.5, 0.6) is 11.5 Å². The van der Waals surface area contributed by atoms with Gasteiger partial charge in [-0.15, -0.1) is 0 Å². The zero-order valence-electron chi connectivity index (χ0n) is 12.3. The molecule has 24 heavy (non-hydrogen) atoms. The van der Waals surface area contributed by atoms with Gasteiger partial charge in [-0.3, -0.25) is 0 Å². The molecule has 0 atom stereocenters. The quantitative estimate of drug-likeness (QED) is 0.330. The monoisotopic (exact) mass is 452 g/mol. The van der Waals surface area contributed by atoms with Crippen molar-refractivity contribution in [3.8, 4) is 11.5 Å². The van der Waals surface area contributed by atoms with E-state index < -0.39 is 11.6 Å². The number of fused-ring (bicyclic) bond motifs is 1. The standard InChI is InChI=1S/C17H10Br2O5/c1-22-11-3-2-4-12(8-11)23-16(20)13-6-9-5-10(18)7-14(19)15(9)24-17(13)21/h2-8H,1H3. The van der Waals surface area contributed by atoms with Gasteiger partial charge in [0, 0.05) is 15.9 Å². The summed E-state index contributed by atoms with van der Waals surface area (Å²) in [6.45, 7) is 0. The number of ether oxygens (including phenoxy) is 2. The van der Waals surface area contributed by atoms with Crippen molar-refractivity contribution in [3.63, 3.8) is 0 Å². The molecule has 0 bridgehead atoms. The summed E-state index contributed by atoms with van der Waals surface area (Å²) < 4.78 is 16.9. The number of carbonyl (C=O) groups is 1. The van der Waals surface area contributed by atoms with Crippen LogP contribution in [-0.4, -0.2) is 13.1 Å². The molecule has 0 aliphatic carbocycles. The zero-order valence-corrected chi connectivity index (χ0v) is 15.5. The Bertz CT molecular complexity index is 994. The number of carbonyl (C=O) groups excluding carboxylic acids is 1. The Morgan fingerprint density at radius 3 is 2.58 bits per heavy atom. The van der Waals surface area contributed by atoms with Crippen molar-refractivity contribution in [1.82, 2.24) is 0 Å². The van der Waals surface area contributed by atoms with Gasteiger partial charge in [-0.2, -0.15) is 0 Å². The van der Waals surface area contributed by atoms with Crippen LogP contribution in [0, 0.1) is 0 Å². The van der Waals surface area contributed by atoms with Crippen LogP contribution in [-0.2, 0) is 0 Å². The van der Waals surface area contributed by atoms with Crippen LogP contribution in [0.25, 0.3) is 11.0 Å². The zero-order chi connectivity index (χ0) is 17.3. The molecule has 0 aliphatic heterocycles. The van der Waals surface area contributed by atoms with E-state index in [1.54, 1.807) is 36.4 Å². The summed E-state index contributed by atoms with van der Waals surface area (Å²) in [7, 11) is 1.51. The number of rotatable bonds is 3. The van der Waals surface area contributed by atoms with Crippen molar-refractivity contribution in [2.45, 2.75) is 0 Å². The predicted octanol–water partition coefficient (Wildman–Crippen LogP) is 4.55. The molecule has 0 N–H and O–H groups in total. The number of halogens is 2. The Kier molecular flexibility index (Phi) is 4.73. The highest BCUT2D eigenvalue weighted by atomic mass is 79.9. The second kappa shape index (κ2) is 6.78. The molecule has 0 spiro atoms. The van der Waals surface area contributed by atoms with Crippen molar-refractivity contribution in [2.75, 3.05) is 7.11 Å². The van der Waals surface area contributed by atoms with Crippen molar-refractivity contribution < 1.29 is 18.7 Å². The van der Waals surface area contributed by atoms with E-state index in [1.165, 1.54) is 13.2 Å². The van der Waals surface area contributed by atoms with Crippen LogP contribution in [0.1, 0.15) is 10.4 Å². The molecule has 5 nitrogen and oxygen atoms in total. The highest BCUT2D eigenvalue weighted by Crippen LogP contribution is 2.28. The molecule has 3 rings (SSSR count). The summed E-state index contributed by atoms with van der Waals surface area (Å²) in [6, 6.07) is 11.5. The van der Waals surface area contributed by atoms with Gasteiger partial charge in [-0.25, -0.2) is 9.59 Å². The molecule has 1 aromatic heterocycles. The van der Waals surface area contributed by atoms with Crippen LogP contribution in [0.2, 0.25) is 0 Å². The Hall–Kier alpha value is -2.12. The Labute approximate surface area is 153 Å². The third kappa shape index (κ3) is 3.37. The van der Waals surface area contributed by atoms with Crippen LogP contribution in [0.15, 0.2) is 60.6 Å². The van der Waals surface area contributed by atoms with Gasteiger partial charge in [0.15, 0.2) is 5.58 Å².